The van der Waals surface area contributed by atoms with Gasteiger partial charge in [0, 0.05) is 12.6 Å². The summed E-state index contributed by atoms with van der Waals surface area (Å²) < 4.78 is 5.46. The van der Waals surface area contributed by atoms with E-state index in [-0.39, 0.29) is 18.0 Å². The number of likely N-dealkylation sites (N-methyl/N-ethyl adjacent to an activating group) is 1. The molecule has 0 spiro atoms. The van der Waals surface area contributed by atoms with Crippen molar-refractivity contribution in [1.82, 2.24) is 5.32 Å². The summed E-state index contributed by atoms with van der Waals surface area (Å²) in [5, 5.41) is 24.0. The van der Waals surface area contributed by atoms with Gasteiger partial charge in [0.05, 0.1) is 4.92 Å². The standard InChI is InChI=1S/C13H20N2O4/c1-4-14-8-13(3,16)9-19-12-10(2)6-5-7-11(12)15(17)18/h5-7,14,16H,4,8-9H2,1-3H3. The topological polar surface area (TPSA) is 84.6 Å². The van der Waals surface area contributed by atoms with Crippen molar-refractivity contribution in [3.05, 3.63) is 33.9 Å². The second kappa shape index (κ2) is 6.49. The molecule has 0 bridgehead atoms. The Labute approximate surface area is 112 Å². The largest absolute Gasteiger partial charge is 0.484 e. The molecule has 0 aliphatic rings. The monoisotopic (exact) mass is 268 g/mol. The van der Waals surface area contributed by atoms with Gasteiger partial charge in [-0.3, -0.25) is 10.1 Å². The van der Waals surface area contributed by atoms with Crippen molar-refractivity contribution in [3.63, 3.8) is 0 Å². The molecule has 106 valence electrons. The van der Waals surface area contributed by atoms with Crippen LogP contribution < -0.4 is 10.1 Å². The lowest BCUT2D eigenvalue weighted by molar-refractivity contribution is -0.386. The van der Waals surface area contributed by atoms with Gasteiger partial charge in [-0.15, -0.1) is 0 Å². The number of nitrogens with zero attached hydrogens (tertiary/aromatic N) is 1. The minimum atomic E-state index is -1.08. The normalized spacial score (nSPS) is 13.9. The first kappa shape index (κ1) is 15.4. The molecule has 0 radical (unpaired) electrons. The summed E-state index contributed by atoms with van der Waals surface area (Å²) in [4.78, 5) is 10.4. The highest BCUT2D eigenvalue weighted by Crippen LogP contribution is 2.30. The maximum Gasteiger partial charge on any atom is 0.311 e. The number of benzene rings is 1. The number of aryl methyl sites for hydroxylation is 1. The molecule has 1 rings (SSSR count). The molecular weight excluding hydrogens is 248 g/mol. The van der Waals surface area contributed by atoms with Crippen LogP contribution in [0.1, 0.15) is 19.4 Å². The second-order valence-corrected chi connectivity index (χ2v) is 4.75. The third-order valence-electron chi connectivity index (χ3n) is 2.67. The average molecular weight is 268 g/mol. The van der Waals surface area contributed by atoms with Crippen LogP contribution >= 0.6 is 0 Å². The maximum absolute atomic E-state index is 10.9. The Morgan fingerprint density at radius 1 is 1.53 bits per heavy atom. The van der Waals surface area contributed by atoms with Gasteiger partial charge in [-0.25, -0.2) is 0 Å². The van der Waals surface area contributed by atoms with Gasteiger partial charge in [-0.1, -0.05) is 19.1 Å². The zero-order valence-electron chi connectivity index (χ0n) is 11.5. The molecule has 2 N–H and O–H groups in total. The van der Waals surface area contributed by atoms with Gasteiger partial charge in [0.1, 0.15) is 12.2 Å². The molecule has 0 fully saturated rings. The SMILES string of the molecule is CCNCC(C)(O)COc1c(C)cccc1[N+](=O)[O-]. The van der Waals surface area contributed by atoms with Crippen LogP contribution in [0.25, 0.3) is 0 Å². The van der Waals surface area contributed by atoms with Crippen LogP contribution in [0.3, 0.4) is 0 Å². The molecule has 0 aliphatic carbocycles. The number of hydrogen-bond donors (Lipinski definition) is 2. The van der Waals surface area contributed by atoms with Crippen LogP contribution in [0.15, 0.2) is 18.2 Å². The number of rotatable bonds is 7. The number of aliphatic hydroxyl groups is 1. The van der Waals surface area contributed by atoms with Gasteiger partial charge < -0.3 is 15.2 Å². The van der Waals surface area contributed by atoms with Gasteiger partial charge in [-0.2, -0.15) is 0 Å². The Kier molecular flexibility index (Phi) is 5.26. The Bertz CT molecular complexity index is 446. The fourth-order valence-electron chi connectivity index (χ4n) is 1.64. The number of para-hydroxylation sites is 1. The van der Waals surface area contributed by atoms with Crippen LogP contribution in [0.5, 0.6) is 5.75 Å². The Balaban J connectivity index is 2.80. The lowest BCUT2D eigenvalue weighted by Gasteiger charge is -2.24. The van der Waals surface area contributed by atoms with Crippen LogP contribution in [0, 0.1) is 17.0 Å². The Morgan fingerprint density at radius 2 is 2.21 bits per heavy atom. The van der Waals surface area contributed by atoms with E-state index in [1.165, 1.54) is 6.07 Å². The van der Waals surface area contributed by atoms with Crippen molar-refractivity contribution in [1.29, 1.82) is 0 Å². The van der Waals surface area contributed by atoms with Crippen molar-refractivity contribution in [2.75, 3.05) is 19.7 Å². The molecule has 0 saturated heterocycles. The number of nitro groups is 1. The Hall–Kier alpha value is -1.66. The molecule has 0 saturated carbocycles. The summed E-state index contributed by atoms with van der Waals surface area (Å²) in [5.74, 6) is 0.212. The highest BCUT2D eigenvalue weighted by Gasteiger charge is 2.24. The van der Waals surface area contributed by atoms with Crippen molar-refractivity contribution in [2.24, 2.45) is 0 Å². The van der Waals surface area contributed by atoms with E-state index in [1.807, 2.05) is 6.92 Å². The lowest BCUT2D eigenvalue weighted by atomic mass is 10.1. The van der Waals surface area contributed by atoms with Crippen LogP contribution in [-0.4, -0.2) is 35.3 Å². The van der Waals surface area contributed by atoms with Crippen LogP contribution in [-0.2, 0) is 0 Å². The molecule has 6 nitrogen and oxygen atoms in total. The highest BCUT2D eigenvalue weighted by molar-refractivity contribution is 5.51. The van der Waals surface area contributed by atoms with E-state index in [1.54, 1.807) is 26.0 Å². The van der Waals surface area contributed by atoms with E-state index in [0.29, 0.717) is 12.1 Å². The highest BCUT2D eigenvalue weighted by atomic mass is 16.6. The second-order valence-electron chi connectivity index (χ2n) is 4.75. The van der Waals surface area contributed by atoms with Crippen molar-refractivity contribution < 1.29 is 14.8 Å². The summed E-state index contributed by atoms with van der Waals surface area (Å²) in [6, 6.07) is 4.74. The molecule has 0 aromatic heterocycles. The molecule has 19 heavy (non-hydrogen) atoms. The van der Waals surface area contributed by atoms with E-state index in [2.05, 4.69) is 5.32 Å². The quantitative estimate of drug-likeness (QED) is 0.580. The van der Waals surface area contributed by atoms with Crippen LogP contribution in [0.2, 0.25) is 0 Å². The molecule has 1 atom stereocenters. The molecular formula is C13H20N2O4. The summed E-state index contributed by atoms with van der Waals surface area (Å²) in [5.41, 5.74) is -0.487. The van der Waals surface area contributed by atoms with E-state index in [9.17, 15) is 15.2 Å². The summed E-state index contributed by atoms with van der Waals surface area (Å²) >= 11 is 0. The molecule has 0 heterocycles. The van der Waals surface area contributed by atoms with Gasteiger partial charge in [0.15, 0.2) is 5.75 Å². The summed E-state index contributed by atoms with van der Waals surface area (Å²) in [7, 11) is 0. The maximum atomic E-state index is 10.9. The third-order valence-corrected chi connectivity index (χ3v) is 2.67. The first-order valence-corrected chi connectivity index (χ1v) is 6.17. The molecule has 6 heteroatoms. The van der Waals surface area contributed by atoms with Crippen molar-refractivity contribution >= 4 is 5.69 Å². The van der Waals surface area contributed by atoms with Gasteiger partial charge >= 0.3 is 5.69 Å². The van der Waals surface area contributed by atoms with Gasteiger partial charge in [-0.05, 0) is 26.0 Å². The number of ether oxygens (including phenoxy) is 1. The zero-order chi connectivity index (χ0) is 14.5. The minimum Gasteiger partial charge on any atom is -0.484 e. The lowest BCUT2D eigenvalue weighted by Crippen LogP contribution is -2.42. The fourth-order valence-corrected chi connectivity index (χ4v) is 1.64. The van der Waals surface area contributed by atoms with Crippen LogP contribution in [0.4, 0.5) is 5.69 Å². The molecule has 0 aliphatic heterocycles. The summed E-state index contributed by atoms with van der Waals surface area (Å²) in [6.45, 7) is 6.39. The predicted molar refractivity (Wildman–Crippen MR) is 72.5 cm³/mol. The number of hydrogen-bond acceptors (Lipinski definition) is 5. The molecule has 1 aromatic carbocycles. The fraction of sp³-hybridized carbons (Fsp3) is 0.538. The van der Waals surface area contributed by atoms with Crippen molar-refractivity contribution in [3.8, 4) is 5.75 Å². The minimum absolute atomic E-state index is 0.00824. The molecule has 1 aromatic rings. The number of nitro benzene ring substituents is 1. The molecule has 1 unspecified atom stereocenters. The molecule has 0 amide bonds. The first-order chi connectivity index (χ1) is 8.87. The van der Waals surface area contributed by atoms with E-state index < -0.39 is 10.5 Å². The number of nitrogens with one attached hydrogen (secondary N) is 1. The van der Waals surface area contributed by atoms with Crippen molar-refractivity contribution in [2.45, 2.75) is 26.4 Å². The zero-order valence-corrected chi connectivity index (χ0v) is 11.5. The van der Waals surface area contributed by atoms with E-state index in [0.717, 1.165) is 6.54 Å². The van der Waals surface area contributed by atoms with Gasteiger partial charge in [0.2, 0.25) is 0 Å². The Morgan fingerprint density at radius 3 is 2.79 bits per heavy atom. The summed E-state index contributed by atoms with van der Waals surface area (Å²) in [6.07, 6.45) is 0. The van der Waals surface area contributed by atoms with E-state index >= 15 is 0 Å². The third kappa shape index (κ3) is 4.50. The predicted octanol–water partition coefficient (Wildman–Crippen LogP) is 1.64. The smallest absolute Gasteiger partial charge is 0.311 e. The first-order valence-electron chi connectivity index (χ1n) is 6.17. The van der Waals surface area contributed by atoms with E-state index in [4.69, 9.17) is 4.74 Å². The average Bonchev–Trinajstić information content (AvgIpc) is 2.34. The van der Waals surface area contributed by atoms with Gasteiger partial charge in [0.25, 0.3) is 0 Å².